The van der Waals surface area contributed by atoms with Crippen molar-refractivity contribution in [3.8, 4) is 22.5 Å². The fourth-order valence-electron chi connectivity index (χ4n) is 3.68. The molecule has 3 heteroatoms. The van der Waals surface area contributed by atoms with Crippen molar-refractivity contribution in [1.82, 2.24) is 9.38 Å². The van der Waals surface area contributed by atoms with Crippen LogP contribution >= 0.6 is 15.9 Å². The fraction of sp³-hybridized carbons (Fsp3) is 0.0385. The molecule has 5 aromatic rings. The summed E-state index contributed by atoms with van der Waals surface area (Å²) in [6.45, 7) is 0. The summed E-state index contributed by atoms with van der Waals surface area (Å²) in [4.78, 5) is 5.06. The Morgan fingerprint density at radius 3 is 2.10 bits per heavy atom. The van der Waals surface area contributed by atoms with E-state index >= 15 is 0 Å². The number of nitrogens with zero attached hydrogens (tertiary/aromatic N) is 2. The van der Waals surface area contributed by atoms with Gasteiger partial charge in [0.2, 0.25) is 0 Å². The number of halogens is 1. The Balaban J connectivity index is 1.71. The van der Waals surface area contributed by atoms with E-state index in [4.69, 9.17) is 4.98 Å². The highest BCUT2D eigenvalue weighted by Gasteiger charge is 2.13. The van der Waals surface area contributed by atoms with Gasteiger partial charge in [-0.2, -0.15) is 0 Å². The van der Waals surface area contributed by atoms with Crippen LogP contribution in [0.1, 0.15) is 11.3 Å². The van der Waals surface area contributed by atoms with Crippen LogP contribution in [0.2, 0.25) is 0 Å². The molecule has 0 fully saturated rings. The summed E-state index contributed by atoms with van der Waals surface area (Å²) in [5, 5.41) is 0. The molecule has 2 nitrogen and oxygen atoms in total. The molecule has 0 amide bonds. The molecule has 0 N–H and O–H groups in total. The third-order valence-electron chi connectivity index (χ3n) is 5.14. The second kappa shape index (κ2) is 7.69. The normalized spacial score (nSPS) is 11.1. The highest BCUT2D eigenvalue weighted by atomic mass is 79.9. The van der Waals surface area contributed by atoms with Gasteiger partial charge in [-0.25, -0.2) is 4.98 Å². The molecule has 29 heavy (non-hydrogen) atoms. The summed E-state index contributed by atoms with van der Waals surface area (Å²) in [6.07, 6.45) is 3.04. The van der Waals surface area contributed by atoms with Crippen LogP contribution in [0, 0.1) is 0 Å². The lowest BCUT2D eigenvalue weighted by Crippen LogP contribution is -1.99. The van der Waals surface area contributed by atoms with Gasteiger partial charge in [0.25, 0.3) is 0 Å². The lowest BCUT2D eigenvalue weighted by atomic mass is 10.1. The predicted molar refractivity (Wildman–Crippen MR) is 123 cm³/mol. The molecule has 0 saturated carbocycles. The first-order valence-electron chi connectivity index (χ1n) is 9.64. The van der Waals surface area contributed by atoms with Crippen molar-refractivity contribution in [3.63, 3.8) is 0 Å². The molecular weight excluding hydrogens is 420 g/mol. The van der Waals surface area contributed by atoms with Crippen molar-refractivity contribution in [1.29, 1.82) is 0 Å². The van der Waals surface area contributed by atoms with E-state index in [9.17, 15) is 0 Å². The monoisotopic (exact) mass is 438 g/mol. The molecule has 0 radical (unpaired) electrons. The smallest absolute Gasteiger partial charge is 0.0950 e. The zero-order chi connectivity index (χ0) is 19.6. The highest BCUT2D eigenvalue weighted by Crippen LogP contribution is 2.29. The van der Waals surface area contributed by atoms with Gasteiger partial charge in [0.1, 0.15) is 0 Å². The quantitative estimate of drug-likeness (QED) is 0.294. The summed E-state index contributed by atoms with van der Waals surface area (Å²) < 4.78 is 3.36. The molecular formula is C26H19BrN2. The zero-order valence-electron chi connectivity index (χ0n) is 15.8. The van der Waals surface area contributed by atoms with Crippen LogP contribution in [0.15, 0.2) is 108 Å². The lowest BCUT2D eigenvalue weighted by Gasteiger charge is -2.11. The van der Waals surface area contributed by atoms with Crippen molar-refractivity contribution in [2.75, 3.05) is 0 Å². The second-order valence-electron chi connectivity index (χ2n) is 7.09. The average molecular weight is 439 g/mol. The summed E-state index contributed by atoms with van der Waals surface area (Å²) >= 11 is 3.53. The fourth-order valence-corrected chi connectivity index (χ4v) is 3.95. The van der Waals surface area contributed by atoms with Crippen LogP contribution in [0.4, 0.5) is 0 Å². The third-order valence-corrected chi connectivity index (χ3v) is 5.67. The number of benzene rings is 3. The highest BCUT2D eigenvalue weighted by molar-refractivity contribution is 9.10. The molecule has 2 aromatic heterocycles. The number of hydrogen-bond acceptors (Lipinski definition) is 1. The van der Waals surface area contributed by atoms with Gasteiger partial charge >= 0.3 is 0 Å². The van der Waals surface area contributed by atoms with Crippen molar-refractivity contribution in [3.05, 3.63) is 119 Å². The van der Waals surface area contributed by atoms with Gasteiger partial charge < -0.3 is 4.40 Å². The number of rotatable bonds is 4. The average Bonchev–Trinajstić information content (AvgIpc) is 3.18. The van der Waals surface area contributed by atoms with E-state index in [1.165, 1.54) is 11.3 Å². The van der Waals surface area contributed by atoms with Crippen LogP contribution in [0.3, 0.4) is 0 Å². The topological polar surface area (TPSA) is 17.3 Å². The van der Waals surface area contributed by atoms with Gasteiger partial charge in [-0.05, 0) is 29.8 Å². The second-order valence-corrected chi connectivity index (χ2v) is 8.01. The van der Waals surface area contributed by atoms with Gasteiger partial charge in [0.15, 0.2) is 0 Å². The van der Waals surface area contributed by atoms with Crippen LogP contribution in [0.25, 0.3) is 28.0 Å². The first-order chi connectivity index (χ1) is 14.3. The van der Waals surface area contributed by atoms with Crippen molar-refractivity contribution < 1.29 is 0 Å². The molecule has 0 bridgehead atoms. The minimum Gasteiger partial charge on any atom is -0.316 e. The molecule has 5 rings (SSSR count). The maximum atomic E-state index is 5.06. The number of aromatic nitrogens is 2. The minimum atomic E-state index is 0.882. The Labute approximate surface area is 178 Å². The molecule has 0 saturated heterocycles. The Morgan fingerprint density at radius 1 is 0.690 bits per heavy atom. The molecule has 0 aliphatic carbocycles. The Bertz CT molecular complexity index is 1260. The van der Waals surface area contributed by atoms with Gasteiger partial charge in [-0.3, -0.25) is 0 Å². The molecule has 0 spiro atoms. The van der Waals surface area contributed by atoms with Gasteiger partial charge in [0.05, 0.1) is 16.9 Å². The molecule has 0 aliphatic rings. The van der Waals surface area contributed by atoms with E-state index < -0.39 is 0 Å². The van der Waals surface area contributed by atoms with E-state index in [2.05, 4.69) is 118 Å². The molecule has 140 valence electrons. The van der Waals surface area contributed by atoms with E-state index in [1.807, 2.05) is 6.07 Å². The summed E-state index contributed by atoms with van der Waals surface area (Å²) in [7, 11) is 0. The van der Waals surface area contributed by atoms with Gasteiger partial charge in [-0.1, -0.05) is 88.7 Å². The number of hydrogen-bond donors (Lipinski definition) is 0. The standard InChI is InChI=1S/C26H19BrN2/c27-22-13-11-20(12-14-22)24-18-29-23(17-19-7-3-1-4-8-19)15-16-25(29)26(28-24)21-9-5-2-6-10-21/h1-16,18H,17H2. The van der Waals surface area contributed by atoms with E-state index in [-0.39, 0.29) is 0 Å². The van der Waals surface area contributed by atoms with Crippen molar-refractivity contribution in [2.45, 2.75) is 6.42 Å². The maximum Gasteiger partial charge on any atom is 0.0950 e. The molecule has 2 heterocycles. The predicted octanol–water partition coefficient (Wildman–Crippen LogP) is 7.02. The summed E-state index contributed by atoms with van der Waals surface area (Å²) in [6, 6.07) is 33.7. The van der Waals surface area contributed by atoms with E-state index in [0.29, 0.717) is 0 Å². The molecule has 3 aromatic carbocycles. The van der Waals surface area contributed by atoms with Crippen molar-refractivity contribution >= 4 is 21.4 Å². The van der Waals surface area contributed by atoms with Crippen LogP contribution in [-0.2, 0) is 6.42 Å². The lowest BCUT2D eigenvalue weighted by molar-refractivity contribution is 1.01. The Kier molecular flexibility index (Phi) is 4.74. The van der Waals surface area contributed by atoms with Gasteiger partial charge in [-0.15, -0.1) is 0 Å². The molecule has 0 atom stereocenters. The maximum absolute atomic E-state index is 5.06. The first-order valence-corrected chi connectivity index (χ1v) is 10.4. The SMILES string of the molecule is Brc1ccc(-c2cn3c(Cc4ccccc4)ccc3c(-c3ccccc3)n2)cc1. The van der Waals surface area contributed by atoms with Gasteiger partial charge in [0, 0.05) is 33.9 Å². The van der Waals surface area contributed by atoms with E-state index in [0.717, 1.165) is 38.9 Å². The zero-order valence-corrected chi connectivity index (χ0v) is 17.4. The molecule has 0 unspecified atom stereocenters. The largest absolute Gasteiger partial charge is 0.316 e. The minimum absolute atomic E-state index is 0.882. The Hall–Kier alpha value is -3.17. The van der Waals surface area contributed by atoms with E-state index in [1.54, 1.807) is 0 Å². The molecule has 0 aliphatic heterocycles. The summed E-state index contributed by atoms with van der Waals surface area (Å²) in [5.41, 5.74) is 7.88. The first kappa shape index (κ1) is 17.9. The van der Waals surface area contributed by atoms with Crippen LogP contribution in [0.5, 0.6) is 0 Å². The van der Waals surface area contributed by atoms with Crippen LogP contribution in [-0.4, -0.2) is 9.38 Å². The third kappa shape index (κ3) is 3.62. The van der Waals surface area contributed by atoms with Crippen molar-refractivity contribution in [2.24, 2.45) is 0 Å². The summed E-state index contributed by atoms with van der Waals surface area (Å²) in [5.74, 6) is 0. The number of fused-ring (bicyclic) bond motifs is 1. The Morgan fingerprint density at radius 2 is 1.38 bits per heavy atom. The van der Waals surface area contributed by atoms with Crippen LogP contribution < -0.4 is 0 Å².